The van der Waals surface area contributed by atoms with Gasteiger partial charge in [-0.1, -0.05) is 12.1 Å². The Morgan fingerprint density at radius 1 is 1.27 bits per heavy atom. The number of rotatable bonds is 9. The summed E-state index contributed by atoms with van der Waals surface area (Å²) in [6, 6.07) is 6.47. The van der Waals surface area contributed by atoms with E-state index < -0.39 is 9.84 Å². The number of sulfone groups is 1. The molecule has 1 aromatic carbocycles. The zero-order valence-corrected chi connectivity index (χ0v) is 16.0. The second-order valence-corrected chi connectivity index (χ2v) is 8.12. The average molecular weight is 386 g/mol. The lowest BCUT2D eigenvalue weighted by Gasteiger charge is -2.28. The molecule has 2 rings (SSSR count). The summed E-state index contributed by atoms with van der Waals surface area (Å²) in [7, 11) is -1.55. The standard InChI is InChI=1S/C17H26N2O6S/c1-3-24-15-6-4-5-7-16(15)25-13-18-17(20)19(9-10-23-2)14-8-11-26(21,22)12-14/h4-7,14H,3,8-13H2,1-2H3,(H,18,20). The van der Waals surface area contributed by atoms with Crippen LogP contribution in [0.15, 0.2) is 24.3 Å². The van der Waals surface area contributed by atoms with E-state index in [0.717, 1.165) is 0 Å². The molecule has 1 fully saturated rings. The van der Waals surface area contributed by atoms with Crippen LogP contribution < -0.4 is 14.8 Å². The minimum absolute atomic E-state index is 0.0157. The highest BCUT2D eigenvalue weighted by Gasteiger charge is 2.34. The summed E-state index contributed by atoms with van der Waals surface area (Å²) in [4.78, 5) is 14.0. The number of hydrogen-bond acceptors (Lipinski definition) is 6. The van der Waals surface area contributed by atoms with Gasteiger partial charge in [0.25, 0.3) is 0 Å². The Kier molecular flexibility index (Phi) is 7.52. The van der Waals surface area contributed by atoms with Crippen molar-refractivity contribution in [2.45, 2.75) is 19.4 Å². The van der Waals surface area contributed by atoms with Gasteiger partial charge in [-0.05, 0) is 25.5 Å². The van der Waals surface area contributed by atoms with Crippen molar-refractivity contribution in [3.8, 4) is 11.5 Å². The number of nitrogens with one attached hydrogen (secondary N) is 1. The predicted molar refractivity (Wildman–Crippen MR) is 97.3 cm³/mol. The van der Waals surface area contributed by atoms with E-state index in [1.807, 2.05) is 19.1 Å². The number of amides is 2. The normalized spacial score (nSPS) is 18.3. The molecule has 1 saturated heterocycles. The third-order valence-electron chi connectivity index (χ3n) is 4.05. The van der Waals surface area contributed by atoms with Gasteiger partial charge in [-0.3, -0.25) is 0 Å². The SMILES string of the molecule is CCOc1ccccc1OCNC(=O)N(CCOC)C1CCS(=O)(=O)C1. The van der Waals surface area contributed by atoms with Crippen LogP contribution in [-0.2, 0) is 14.6 Å². The Morgan fingerprint density at radius 3 is 2.54 bits per heavy atom. The Labute approximate surface area is 154 Å². The predicted octanol–water partition coefficient (Wildman–Crippen LogP) is 1.27. The molecule has 2 amide bonds. The number of ether oxygens (including phenoxy) is 3. The molecule has 1 aliphatic rings. The zero-order valence-electron chi connectivity index (χ0n) is 15.1. The summed E-state index contributed by atoms with van der Waals surface area (Å²) < 4.78 is 39.5. The summed E-state index contributed by atoms with van der Waals surface area (Å²) in [5.74, 6) is 1.22. The average Bonchev–Trinajstić information content (AvgIpc) is 2.97. The molecule has 1 atom stereocenters. The summed E-state index contributed by atoms with van der Waals surface area (Å²) in [5.41, 5.74) is 0. The maximum Gasteiger partial charge on any atom is 0.320 e. The first kappa shape index (κ1) is 20.3. The number of urea groups is 1. The summed E-state index contributed by atoms with van der Waals surface area (Å²) in [5, 5.41) is 2.67. The Morgan fingerprint density at radius 2 is 1.96 bits per heavy atom. The lowest BCUT2D eigenvalue weighted by atomic mass is 10.2. The number of carbonyl (C=O) groups is 1. The lowest BCUT2D eigenvalue weighted by molar-refractivity contribution is 0.129. The molecule has 0 aliphatic carbocycles. The second-order valence-electron chi connectivity index (χ2n) is 5.89. The maximum absolute atomic E-state index is 12.5. The van der Waals surface area contributed by atoms with Crippen molar-refractivity contribution in [2.75, 3.05) is 45.1 Å². The molecule has 9 heteroatoms. The molecule has 0 aromatic heterocycles. The maximum atomic E-state index is 12.5. The molecule has 0 saturated carbocycles. The van der Waals surface area contributed by atoms with E-state index in [1.54, 1.807) is 12.1 Å². The highest BCUT2D eigenvalue weighted by Crippen LogP contribution is 2.26. The number of para-hydroxylation sites is 2. The number of methoxy groups -OCH3 is 1. The topological polar surface area (TPSA) is 94.2 Å². The zero-order chi connectivity index (χ0) is 19.0. The van der Waals surface area contributed by atoms with Gasteiger partial charge in [-0.2, -0.15) is 0 Å². The van der Waals surface area contributed by atoms with Crippen molar-refractivity contribution >= 4 is 15.9 Å². The quantitative estimate of drug-likeness (QED) is 0.642. The molecule has 8 nitrogen and oxygen atoms in total. The van der Waals surface area contributed by atoms with E-state index >= 15 is 0 Å². The van der Waals surface area contributed by atoms with Gasteiger partial charge in [0.1, 0.15) is 0 Å². The van der Waals surface area contributed by atoms with Crippen LogP contribution in [0.3, 0.4) is 0 Å². The van der Waals surface area contributed by atoms with Crippen LogP contribution in [0.1, 0.15) is 13.3 Å². The molecular weight excluding hydrogens is 360 g/mol. The van der Waals surface area contributed by atoms with Gasteiger partial charge >= 0.3 is 6.03 Å². The lowest BCUT2D eigenvalue weighted by Crippen LogP contribution is -2.49. The van der Waals surface area contributed by atoms with Crippen molar-refractivity contribution in [1.29, 1.82) is 0 Å². The van der Waals surface area contributed by atoms with E-state index in [-0.39, 0.29) is 30.3 Å². The van der Waals surface area contributed by atoms with E-state index in [4.69, 9.17) is 14.2 Å². The molecule has 0 radical (unpaired) electrons. The van der Waals surface area contributed by atoms with E-state index in [9.17, 15) is 13.2 Å². The van der Waals surface area contributed by atoms with Crippen molar-refractivity contribution < 1.29 is 27.4 Å². The van der Waals surface area contributed by atoms with Crippen molar-refractivity contribution in [3.63, 3.8) is 0 Å². The van der Waals surface area contributed by atoms with Crippen LogP contribution in [0.5, 0.6) is 11.5 Å². The van der Waals surface area contributed by atoms with Crippen LogP contribution in [0.25, 0.3) is 0 Å². The van der Waals surface area contributed by atoms with E-state index in [2.05, 4.69) is 5.32 Å². The first-order valence-electron chi connectivity index (χ1n) is 8.55. The van der Waals surface area contributed by atoms with Crippen molar-refractivity contribution in [3.05, 3.63) is 24.3 Å². The fourth-order valence-corrected chi connectivity index (χ4v) is 4.51. The van der Waals surface area contributed by atoms with E-state index in [0.29, 0.717) is 37.7 Å². The molecule has 146 valence electrons. The van der Waals surface area contributed by atoms with Crippen molar-refractivity contribution in [2.24, 2.45) is 0 Å². The fourth-order valence-electron chi connectivity index (χ4n) is 2.78. The van der Waals surface area contributed by atoms with E-state index in [1.165, 1.54) is 12.0 Å². The number of nitrogens with zero attached hydrogens (tertiary/aromatic N) is 1. The number of benzene rings is 1. The first-order chi connectivity index (χ1) is 12.5. The van der Waals surface area contributed by atoms with Gasteiger partial charge in [-0.15, -0.1) is 0 Å². The molecule has 1 unspecified atom stereocenters. The van der Waals surface area contributed by atoms with Crippen LogP contribution in [-0.4, -0.2) is 70.5 Å². The second kappa shape index (κ2) is 9.63. The molecule has 1 aliphatic heterocycles. The van der Waals surface area contributed by atoms with Crippen LogP contribution in [0, 0.1) is 0 Å². The Balaban J connectivity index is 1.93. The Bertz CT molecular complexity index is 694. The van der Waals surface area contributed by atoms with Crippen LogP contribution >= 0.6 is 0 Å². The summed E-state index contributed by atoms with van der Waals surface area (Å²) in [6.07, 6.45) is 0.438. The minimum atomic E-state index is -3.08. The van der Waals surface area contributed by atoms with Gasteiger partial charge in [-0.25, -0.2) is 13.2 Å². The largest absolute Gasteiger partial charge is 0.490 e. The number of hydrogen-bond donors (Lipinski definition) is 1. The summed E-state index contributed by atoms with van der Waals surface area (Å²) >= 11 is 0. The van der Waals surface area contributed by atoms with Crippen LogP contribution in [0.2, 0.25) is 0 Å². The van der Waals surface area contributed by atoms with Gasteiger partial charge in [0.2, 0.25) is 0 Å². The monoisotopic (exact) mass is 386 g/mol. The van der Waals surface area contributed by atoms with Crippen LogP contribution in [0.4, 0.5) is 4.79 Å². The van der Waals surface area contributed by atoms with Crippen molar-refractivity contribution in [1.82, 2.24) is 10.2 Å². The highest BCUT2D eigenvalue weighted by atomic mass is 32.2. The smallest absolute Gasteiger partial charge is 0.320 e. The third-order valence-corrected chi connectivity index (χ3v) is 5.80. The molecule has 1 aromatic rings. The van der Waals surface area contributed by atoms with Gasteiger partial charge in [0.15, 0.2) is 28.1 Å². The summed E-state index contributed by atoms with van der Waals surface area (Å²) in [6.45, 7) is 2.98. The first-order valence-corrected chi connectivity index (χ1v) is 10.4. The molecule has 26 heavy (non-hydrogen) atoms. The number of carbonyl (C=O) groups excluding carboxylic acids is 1. The molecule has 0 spiro atoms. The van der Waals surface area contributed by atoms with Gasteiger partial charge in [0.05, 0.1) is 24.7 Å². The molecule has 1 N–H and O–H groups in total. The Hall–Kier alpha value is -2.00. The molecule has 0 bridgehead atoms. The highest BCUT2D eigenvalue weighted by molar-refractivity contribution is 7.91. The third kappa shape index (κ3) is 5.77. The molecular formula is C17H26N2O6S. The fraction of sp³-hybridized carbons (Fsp3) is 0.588. The molecule has 1 heterocycles. The minimum Gasteiger partial charge on any atom is -0.490 e. The van der Waals surface area contributed by atoms with Gasteiger partial charge < -0.3 is 24.4 Å². The van der Waals surface area contributed by atoms with Gasteiger partial charge in [0, 0.05) is 19.7 Å².